The Morgan fingerprint density at radius 2 is 1.14 bits per heavy atom. The Morgan fingerprint density at radius 3 is 1.61 bits per heavy atom. The molecule has 2 rings (SSSR count). The Hall–Kier alpha value is -3.20. The van der Waals surface area contributed by atoms with E-state index in [4.69, 9.17) is 9.47 Å². The third-order valence-electron chi connectivity index (χ3n) is 7.59. The number of rotatable bonds is 23. The highest BCUT2D eigenvalue weighted by atomic mass is 127. The largest absolute Gasteiger partial charge is 0.491 e. The number of carbonyl (C=O) groups excluding carboxylic acids is 1. The van der Waals surface area contributed by atoms with Crippen LogP contribution in [0.3, 0.4) is 0 Å². The van der Waals surface area contributed by atoms with Gasteiger partial charge in [0.15, 0.2) is 0 Å². The maximum atomic E-state index is 11.1. The molecular formula is C45H63IO5. The fraction of sp³-hybridized carbons (Fsp3) is 0.444. The summed E-state index contributed by atoms with van der Waals surface area (Å²) in [5, 5.41) is 19.4. The van der Waals surface area contributed by atoms with Crippen molar-refractivity contribution in [1.29, 1.82) is 0 Å². The zero-order valence-corrected chi connectivity index (χ0v) is 33.1. The van der Waals surface area contributed by atoms with Gasteiger partial charge < -0.3 is 19.7 Å². The monoisotopic (exact) mass is 810 g/mol. The van der Waals surface area contributed by atoms with Crippen molar-refractivity contribution in [3.05, 3.63) is 146 Å². The fourth-order valence-electron chi connectivity index (χ4n) is 4.75. The van der Waals surface area contributed by atoms with Crippen LogP contribution in [0.25, 0.3) is 0 Å². The SMILES string of the molecule is C=C1CCC(/C=C/C=C\C/C=C\C/C=C\C=C\[C@@H](O)C/C=C\CC)O1.CC/C=C\C[C@H](O)/C=C/C=C\C/C=C\C/C=C\CC(I)C1CCC(=O)O1. The molecule has 2 fully saturated rings. The molecule has 5 atom stereocenters. The number of alkyl halides is 1. The van der Waals surface area contributed by atoms with E-state index in [-0.39, 0.29) is 18.2 Å². The highest BCUT2D eigenvalue weighted by molar-refractivity contribution is 14.1. The van der Waals surface area contributed by atoms with Crippen molar-refractivity contribution in [2.45, 2.75) is 126 Å². The normalized spacial score (nSPS) is 20.7. The Balaban J connectivity index is 0.000000510. The molecule has 2 saturated heterocycles. The molecule has 0 saturated carbocycles. The minimum absolute atomic E-state index is 0.0608. The molecule has 3 unspecified atom stereocenters. The molecule has 6 heteroatoms. The van der Waals surface area contributed by atoms with E-state index in [0.717, 1.165) is 70.0 Å². The van der Waals surface area contributed by atoms with Crippen LogP contribution < -0.4 is 0 Å². The lowest BCUT2D eigenvalue weighted by Gasteiger charge is -2.14. The third kappa shape index (κ3) is 28.1. The second-order valence-electron chi connectivity index (χ2n) is 12.2. The highest BCUT2D eigenvalue weighted by Crippen LogP contribution is 2.25. The summed E-state index contributed by atoms with van der Waals surface area (Å²) in [7, 11) is 0. The van der Waals surface area contributed by atoms with Crippen LogP contribution >= 0.6 is 22.6 Å². The second kappa shape index (κ2) is 32.7. The molecule has 0 radical (unpaired) electrons. The standard InChI is InChI=1S/C23H32O2.C22H31IO3/c1-3-4-13-16-22(24)17-14-11-9-7-5-6-8-10-12-15-18-23-20-19-21(2)25-23;1-2-3-11-14-19(24)15-12-9-7-5-4-6-8-10-13-16-20(23)21-17-18-22(25)26-21/h4-6,9-15,17-18,22-24H,2-3,7-8,16,19-20H2,1H3;3-4,6-7,9-13,15,19-21,24H,2,5,8,14,16-18H2,1H3/b6-5-,11-9-,12-10-,13-4-,17-14+,18-15+;6-4-,9-7-,11-3-,13-10-,15-12+/t22-,23?;19-,20?,21?/m00/s1. The molecule has 0 aromatic carbocycles. The summed E-state index contributed by atoms with van der Waals surface area (Å²) < 4.78 is 11.2. The first-order valence-electron chi connectivity index (χ1n) is 18.6. The first kappa shape index (κ1) is 45.8. The molecule has 2 heterocycles. The molecule has 0 aromatic rings. The first-order chi connectivity index (χ1) is 24.8. The van der Waals surface area contributed by atoms with Crippen LogP contribution in [0, 0.1) is 0 Å². The van der Waals surface area contributed by atoms with E-state index in [0.29, 0.717) is 23.2 Å². The van der Waals surface area contributed by atoms with Crippen LogP contribution in [0.15, 0.2) is 146 Å². The molecule has 0 amide bonds. The van der Waals surface area contributed by atoms with Gasteiger partial charge in [-0.05, 0) is 76.7 Å². The van der Waals surface area contributed by atoms with Gasteiger partial charge in [0, 0.05) is 12.8 Å². The number of hydrogen-bond donors (Lipinski definition) is 2. The molecule has 51 heavy (non-hydrogen) atoms. The third-order valence-corrected chi connectivity index (χ3v) is 8.90. The van der Waals surface area contributed by atoms with Crippen molar-refractivity contribution in [3.63, 3.8) is 0 Å². The quantitative estimate of drug-likeness (QED) is 0.0353. The van der Waals surface area contributed by atoms with Gasteiger partial charge in [0.25, 0.3) is 0 Å². The van der Waals surface area contributed by atoms with Crippen LogP contribution in [0.5, 0.6) is 0 Å². The Labute approximate surface area is 323 Å². The predicted molar refractivity (Wildman–Crippen MR) is 226 cm³/mol. The number of hydrogen-bond acceptors (Lipinski definition) is 5. The fourth-order valence-corrected chi connectivity index (χ4v) is 5.55. The van der Waals surface area contributed by atoms with Gasteiger partial charge in [0.2, 0.25) is 0 Å². The van der Waals surface area contributed by atoms with Crippen molar-refractivity contribution >= 4 is 28.6 Å². The summed E-state index contributed by atoms with van der Waals surface area (Å²) in [5.41, 5.74) is 0. The van der Waals surface area contributed by atoms with Gasteiger partial charge >= 0.3 is 5.97 Å². The van der Waals surface area contributed by atoms with Crippen LogP contribution in [0.1, 0.15) is 97.3 Å². The van der Waals surface area contributed by atoms with Gasteiger partial charge in [-0.2, -0.15) is 0 Å². The lowest BCUT2D eigenvalue weighted by Crippen LogP contribution is -2.19. The lowest BCUT2D eigenvalue weighted by molar-refractivity contribution is -0.141. The first-order valence-corrected chi connectivity index (χ1v) is 19.9. The van der Waals surface area contributed by atoms with Gasteiger partial charge in [0.05, 0.1) is 21.9 Å². The summed E-state index contributed by atoms with van der Waals surface area (Å²) in [6.45, 7) is 8.00. The van der Waals surface area contributed by atoms with E-state index in [1.54, 1.807) is 0 Å². The van der Waals surface area contributed by atoms with E-state index >= 15 is 0 Å². The average molecular weight is 811 g/mol. The smallest absolute Gasteiger partial charge is 0.306 e. The van der Waals surface area contributed by atoms with Crippen molar-refractivity contribution in [2.75, 3.05) is 0 Å². The average Bonchev–Trinajstić information content (AvgIpc) is 3.75. The molecule has 2 N–H and O–H groups in total. The number of aliphatic hydroxyl groups excluding tert-OH is 2. The van der Waals surface area contributed by atoms with Crippen LogP contribution in [-0.4, -0.2) is 44.5 Å². The summed E-state index contributed by atoms with van der Waals surface area (Å²) in [4.78, 5) is 11.1. The van der Waals surface area contributed by atoms with Crippen molar-refractivity contribution < 1.29 is 24.5 Å². The van der Waals surface area contributed by atoms with Crippen molar-refractivity contribution in [3.8, 4) is 0 Å². The Bertz CT molecular complexity index is 1260. The number of aliphatic hydroxyl groups is 2. The van der Waals surface area contributed by atoms with Gasteiger partial charge in [-0.3, -0.25) is 4.79 Å². The van der Waals surface area contributed by atoms with Crippen LogP contribution in [0.4, 0.5) is 0 Å². The molecule has 5 nitrogen and oxygen atoms in total. The van der Waals surface area contributed by atoms with Crippen molar-refractivity contribution in [1.82, 2.24) is 0 Å². The van der Waals surface area contributed by atoms with E-state index < -0.39 is 12.2 Å². The molecular weight excluding hydrogens is 747 g/mol. The van der Waals surface area contributed by atoms with E-state index in [1.165, 1.54) is 0 Å². The summed E-state index contributed by atoms with van der Waals surface area (Å²) in [6.07, 6.45) is 55.7. The molecule has 0 spiro atoms. The van der Waals surface area contributed by atoms with Gasteiger partial charge in [0.1, 0.15) is 12.2 Å². The van der Waals surface area contributed by atoms with E-state index in [2.05, 4.69) is 122 Å². The molecule has 0 aliphatic carbocycles. The van der Waals surface area contributed by atoms with Gasteiger partial charge in [-0.15, -0.1) is 0 Å². The molecule has 0 aromatic heterocycles. The summed E-state index contributed by atoms with van der Waals surface area (Å²) in [6, 6.07) is 0. The minimum Gasteiger partial charge on any atom is -0.491 e. The molecule has 2 aliphatic rings. The highest BCUT2D eigenvalue weighted by Gasteiger charge is 2.28. The summed E-state index contributed by atoms with van der Waals surface area (Å²) >= 11 is 2.37. The number of cyclic esters (lactones) is 1. The zero-order chi connectivity index (χ0) is 37.2. The molecule has 280 valence electrons. The lowest BCUT2D eigenvalue weighted by atomic mass is 10.1. The number of carbonyl (C=O) groups is 1. The molecule has 2 aliphatic heterocycles. The number of esters is 1. The van der Waals surface area contributed by atoms with Gasteiger partial charge in [-0.25, -0.2) is 0 Å². The van der Waals surface area contributed by atoms with E-state index in [1.807, 2.05) is 54.7 Å². The maximum absolute atomic E-state index is 11.1. The predicted octanol–water partition coefficient (Wildman–Crippen LogP) is 11.6. The van der Waals surface area contributed by atoms with Crippen LogP contribution in [-0.2, 0) is 14.3 Å². The number of allylic oxidation sites excluding steroid dienone is 18. The Kier molecular flexibility index (Phi) is 29.4. The van der Waals surface area contributed by atoms with Crippen LogP contribution in [0.2, 0.25) is 0 Å². The maximum Gasteiger partial charge on any atom is 0.306 e. The Morgan fingerprint density at radius 1 is 0.647 bits per heavy atom. The number of halogens is 1. The minimum atomic E-state index is -0.405. The second-order valence-corrected chi connectivity index (χ2v) is 13.8. The van der Waals surface area contributed by atoms with Gasteiger partial charge in [-0.1, -0.05) is 171 Å². The van der Waals surface area contributed by atoms with Crippen molar-refractivity contribution in [2.24, 2.45) is 0 Å². The zero-order valence-electron chi connectivity index (χ0n) is 31.0. The van der Waals surface area contributed by atoms with E-state index in [9.17, 15) is 15.0 Å². The molecule has 0 bridgehead atoms. The summed E-state index contributed by atoms with van der Waals surface area (Å²) in [5.74, 6) is 0.835. The number of ether oxygens (including phenoxy) is 2. The topological polar surface area (TPSA) is 76.0 Å².